The van der Waals surface area contributed by atoms with Gasteiger partial charge in [-0.25, -0.2) is 0 Å². The molecule has 27 heavy (non-hydrogen) atoms. The number of hydrogen-bond donors (Lipinski definition) is 1. The number of likely N-dealkylation sites (N-methyl/N-ethyl adjacent to an activating group) is 1. The summed E-state index contributed by atoms with van der Waals surface area (Å²) in [4.78, 5) is 27.1. The van der Waals surface area contributed by atoms with Crippen molar-refractivity contribution in [1.29, 1.82) is 0 Å². The fraction of sp³-hybridized carbons (Fsp3) is 0.600. The zero-order valence-electron chi connectivity index (χ0n) is 16.2. The number of carbonyl (C=O) groups excluding carboxylic acids is 1. The molecule has 1 amide bonds. The normalized spacial score (nSPS) is 15.0. The van der Waals surface area contributed by atoms with Crippen LogP contribution in [0.2, 0.25) is 0 Å². The molecule has 7 heteroatoms. The second-order valence-electron chi connectivity index (χ2n) is 6.68. The first-order chi connectivity index (χ1) is 13.0. The van der Waals surface area contributed by atoms with Gasteiger partial charge in [-0.1, -0.05) is 13.8 Å². The minimum absolute atomic E-state index is 0.00640. The number of piperidine rings is 1. The summed E-state index contributed by atoms with van der Waals surface area (Å²) in [5.74, 6) is 0.580. The van der Waals surface area contributed by atoms with Gasteiger partial charge in [-0.15, -0.1) is 0 Å². The van der Waals surface area contributed by atoms with E-state index in [2.05, 4.69) is 6.92 Å². The number of rotatable bonds is 10. The molecule has 0 bridgehead atoms. The maximum Gasteiger partial charge on any atom is 0.317 e. The molecule has 0 radical (unpaired) electrons. The van der Waals surface area contributed by atoms with Crippen molar-refractivity contribution in [3.05, 3.63) is 24.3 Å². The third-order valence-electron chi connectivity index (χ3n) is 4.74. The van der Waals surface area contributed by atoms with Gasteiger partial charge in [-0.05, 0) is 50.1 Å². The quantitative estimate of drug-likeness (QED) is 0.673. The number of ether oxygens (including phenoxy) is 2. The molecule has 0 saturated carbocycles. The predicted octanol–water partition coefficient (Wildman–Crippen LogP) is 2.25. The summed E-state index contributed by atoms with van der Waals surface area (Å²) in [6.07, 6.45) is 2.53. The van der Waals surface area contributed by atoms with Crippen LogP contribution < -0.4 is 9.47 Å². The lowest BCUT2D eigenvalue weighted by molar-refractivity contribution is -0.140. The third kappa shape index (κ3) is 6.75. The number of carboxylic acid groups (broad SMARTS) is 1. The maximum atomic E-state index is 12.4. The van der Waals surface area contributed by atoms with Crippen LogP contribution in [0.15, 0.2) is 24.3 Å². The molecular formula is C20H30N2O5. The summed E-state index contributed by atoms with van der Waals surface area (Å²) < 4.78 is 11.1. The van der Waals surface area contributed by atoms with E-state index in [0.717, 1.165) is 25.0 Å². The van der Waals surface area contributed by atoms with Gasteiger partial charge in [0.25, 0.3) is 5.91 Å². The molecule has 0 aliphatic carbocycles. The average molecular weight is 378 g/mol. The predicted molar refractivity (Wildman–Crippen MR) is 102 cm³/mol. The Balaban J connectivity index is 1.75. The van der Waals surface area contributed by atoms with Gasteiger partial charge in [0.15, 0.2) is 6.61 Å². The Morgan fingerprint density at radius 3 is 2.22 bits per heavy atom. The molecule has 1 fully saturated rings. The molecule has 1 aromatic carbocycles. The molecule has 150 valence electrons. The van der Waals surface area contributed by atoms with Gasteiger partial charge in [0.2, 0.25) is 0 Å². The molecule has 1 N–H and O–H groups in total. The Kier molecular flexibility index (Phi) is 8.39. The summed E-state index contributed by atoms with van der Waals surface area (Å²) in [5.41, 5.74) is 0. The fourth-order valence-electron chi connectivity index (χ4n) is 3.24. The highest BCUT2D eigenvalue weighted by molar-refractivity contribution is 5.77. The second kappa shape index (κ2) is 10.8. The molecule has 2 rings (SSSR count). The van der Waals surface area contributed by atoms with E-state index in [4.69, 9.17) is 14.6 Å². The van der Waals surface area contributed by atoms with E-state index in [1.165, 1.54) is 0 Å². The zero-order valence-corrected chi connectivity index (χ0v) is 16.2. The minimum atomic E-state index is -0.810. The third-order valence-corrected chi connectivity index (χ3v) is 4.74. The van der Waals surface area contributed by atoms with Crippen LogP contribution in [0, 0.1) is 0 Å². The fourth-order valence-corrected chi connectivity index (χ4v) is 3.24. The highest BCUT2D eigenvalue weighted by Crippen LogP contribution is 2.19. The smallest absolute Gasteiger partial charge is 0.317 e. The number of aliphatic carboxylic acids is 1. The first kappa shape index (κ1) is 21.0. The van der Waals surface area contributed by atoms with E-state index in [9.17, 15) is 9.59 Å². The van der Waals surface area contributed by atoms with Crippen LogP contribution in [-0.4, -0.2) is 72.2 Å². The number of nitrogens with zero attached hydrogens (tertiary/aromatic N) is 2. The van der Waals surface area contributed by atoms with Crippen LogP contribution in [0.25, 0.3) is 0 Å². The molecule has 1 saturated heterocycles. The van der Waals surface area contributed by atoms with Gasteiger partial charge in [0.1, 0.15) is 11.5 Å². The van der Waals surface area contributed by atoms with Crippen molar-refractivity contribution in [3.63, 3.8) is 0 Å². The summed E-state index contributed by atoms with van der Waals surface area (Å²) in [6.45, 7) is 6.72. The minimum Gasteiger partial charge on any atom is -0.494 e. The van der Waals surface area contributed by atoms with Crippen molar-refractivity contribution < 1.29 is 24.2 Å². The van der Waals surface area contributed by atoms with E-state index >= 15 is 0 Å². The summed E-state index contributed by atoms with van der Waals surface area (Å²) in [7, 11) is 0. The van der Waals surface area contributed by atoms with E-state index in [1.54, 1.807) is 17.0 Å². The van der Waals surface area contributed by atoms with Crippen LogP contribution in [0.4, 0.5) is 0 Å². The lowest BCUT2D eigenvalue weighted by Crippen LogP contribution is -2.49. The lowest BCUT2D eigenvalue weighted by Gasteiger charge is -2.37. The zero-order chi connectivity index (χ0) is 19.6. The summed E-state index contributed by atoms with van der Waals surface area (Å²) >= 11 is 0. The Morgan fingerprint density at radius 2 is 1.70 bits per heavy atom. The Hall–Kier alpha value is -2.28. The topological polar surface area (TPSA) is 79.3 Å². The number of carbonyl (C=O) groups is 2. The van der Waals surface area contributed by atoms with Crippen molar-refractivity contribution in [1.82, 2.24) is 9.80 Å². The van der Waals surface area contributed by atoms with E-state index in [-0.39, 0.29) is 25.1 Å². The average Bonchev–Trinajstić information content (AvgIpc) is 2.69. The number of benzene rings is 1. The first-order valence-electron chi connectivity index (χ1n) is 9.62. The Bertz CT molecular complexity index is 597. The van der Waals surface area contributed by atoms with Crippen LogP contribution >= 0.6 is 0 Å². The summed E-state index contributed by atoms with van der Waals surface area (Å²) in [6, 6.07) is 7.49. The van der Waals surface area contributed by atoms with E-state index in [0.29, 0.717) is 32.0 Å². The Labute approximate surface area is 160 Å². The van der Waals surface area contributed by atoms with Crippen molar-refractivity contribution in [2.24, 2.45) is 0 Å². The van der Waals surface area contributed by atoms with Crippen LogP contribution in [-0.2, 0) is 9.59 Å². The van der Waals surface area contributed by atoms with Crippen molar-refractivity contribution in [2.75, 3.05) is 39.4 Å². The van der Waals surface area contributed by atoms with Crippen molar-refractivity contribution >= 4 is 11.9 Å². The standard InChI is InChI=1S/C20H30N2O5/c1-3-13-26-17-5-7-18(8-6-17)27-15-19(23)22-11-9-16(10-12-22)21(4-2)14-20(24)25/h5-8,16H,3-4,9-15H2,1-2H3,(H,24,25). The maximum absolute atomic E-state index is 12.4. The van der Waals surface area contributed by atoms with Gasteiger partial charge in [0, 0.05) is 19.1 Å². The molecule has 1 aromatic rings. The first-order valence-corrected chi connectivity index (χ1v) is 9.62. The van der Waals surface area contributed by atoms with Crippen molar-refractivity contribution in [3.8, 4) is 11.5 Å². The molecule has 1 aliphatic rings. The van der Waals surface area contributed by atoms with E-state index in [1.807, 2.05) is 24.0 Å². The molecular weight excluding hydrogens is 348 g/mol. The van der Waals surface area contributed by atoms with Crippen LogP contribution in [0.3, 0.4) is 0 Å². The number of likely N-dealkylation sites (tertiary alicyclic amines) is 1. The monoisotopic (exact) mass is 378 g/mol. The largest absolute Gasteiger partial charge is 0.494 e. The van der Waals surface area contributed by atoms with Crippen LogP contribution in [0.5, 0.6) is 11.5 Å². The number of carboxylic acids is 1. The molecule has 0 aromatic heterocycles. The van der Waals surface area contributed by atoms with Gasteiger partial charge in [-0.3, -0.25) is 14.5 Å². The van der Waals surface area contributed by atoms with Gasteiger partial charge >= 0.3 is 5.97 Å². The molecule has 0 atom stereocenters. The highest BCUT2D eigenvalue weighted by Gasteiger charge is 2.27. The summed E-state index contributed by atoms with van der Waals surface area (Å²) in [5, 5.41) is 8.99. The molecule has 1 aliphatic heterocycles. The number of hydrogen-bond acceptors (Lipinski definition) is 5. The second-order valence-corrected chi connectivity index (χ2v) is 6.68. The van der Waals surface area contributed by atoms with Gasteiger partial charge in [-0.2, -0.15) is 0 Å². The van der Waals surface area contributed by atoms with Gasteiger partial charge < -0.3 is 19.5 Å². The number of amides is 1. The molecule has 0 spiro atoms. The molecule has 0 unspecified atom stereocenters. The van der Waals surface area contributed by atoms with E-state index < -0.39 is 5.97 Å². The Morgan fingerprint density at radius 1 is 1.11 bits per heavy atom. The highest BCUT2D eigenvalue weighted by atomic mass is 16.5. The molecule has 7 nitrogen and oxygen atoms in total. The molecule has 1 heterocycles. The van der Waals surface area contributed by atoms with Gasteiger partial charge in [0.05, 0.1) is 13.2 Å². The lowest BCUT2D eigenvalue weighted by atomic mass is 10.0. The SMILES string of the molecule is CCCOc1ccc(OCC(=O)N2CCC(N(CC)CC(=O)O)CC2)cc1. The van der Waals surface area contributed by atoms with Crippen LogP contribution in [0.1, 0.15) is 33.1 Å². The van der Waals surface area contributed by atoms with Crippen molar-refractivity contribution in [2.45, 2.75) is 39.2 Å².